The Morgan fingerprint density at radius 2 is 1.45 bits per heavy atom. The molecule has 0 saturated heterocycles. The largest absolute Gasteiger partial charge is 0.198 e. The van der Waals surface area contributed by atoms with Gasteiger partial charge < -0.3 is 0 Å². The van der Waals surface area contributed by atoms with Crippen LogP contribution in [0.4, 0.5) is 0 Å². The summed E-state index contributed by atoms with van der Waals surface area (Å²) >= 11 is 0. The van der Waals surface area contributed by atoms with Crippen LogP contribution in [0, 0.1) is 23.2 Å². The van der Waals surface area contributed by atoms with Gasteiger partial charge in [0, 0.05) is 6.42 Å². The van der Waals surface area contributed by atoms with Crippen LogP contribution in [0.5, 0.6) is 0 Å². The van der Waals surface area contributed by atoms with Gasteiger partial charge >= 0.3 is 0 Å². The molecule has 0 aliphatic heterocycles. The molecule has 0 heterocycles. The van der Waals surface area contributed by atoms with E-state index in [0.29, 0.717) is 0 Å². The Balaban J connectivity index is -0.000000355. The molecule has 122 valence electrons. The molecule has 1 aliphatic rings. The molecule has 0 aromatic rings. The van der Waals surface area contributed by atoms with Crippen LogP contribution >= 0.6 is 0 Å². The monoisotopic (exact) mass is 283 g/mol. The highest BCUT2D eigenvalue weighted by Crippen LogP contribution is 2.30. The minimum atomic E-state index is 0.744. The Bertz CT molecular complexity index is 175. The van der Waals surface area contributed by atoms with Crippen molar-refractivity contribution in [2.75, 3.05) is 0 Å². The number of nitrogens with zero attached hydrogens (tertiary/aromatic N) is 1. The normalized spacial score (nSPS) is 15.1. The molecule has 1 atom stereocenters. The van der Waals surface area contributed by atoms with Crippen LogP contribution in [-0.2, 0) is 0 Å². The second kappa shape index (κ2) is 23.6. The molecule has 20 heavy (non-hydrogen) atoms. The van der Waals surface area contributed by atoms with E-state index in [1.54, 1.807) is 0 Å². The van der Waals surface area contributed by atoms with Gasteiger partial charge in [-0.3, -0.25) is 0 Å². The number of hydrogen-bond acceptors (Lipinski definition) is 1. The first-order valence-electron chi connectivity index (χ1n) is 9.11. The molecule has 0 aromatic heterocycles. The standard InChI is InChI=1S/C12H21N.C3H8.2C2H6/c1-11(6-5-9-13)10-12-7-3-2-4-8-12;1-3-2;2*1-2/h11-12H,2-8,10H2,1H3;3H2,1-2H3;2*1-2H3. The second-order valence-corrected chi connectivity index (χ2v) is 5.25. The first-order valence-corrected chi connectivity index (χ1v) is 9.11. The molecule has 0 aromatic carbocycles. The smallest absolute Gasteiger partial charge is 0.0621 e. The fraction of sp³-hybridized carbons (Fsp3) is 0.947. The molecule has 1 heteroatoms. The van der Waals surface area contributed by atoms with E-state index < -0.39 is 0 Å². The molecular weight excluding hydrogens is 242 g/mol. The zero-order valence-corrected chi connectivity index (χ0v) is 15.5. The fourth-order valence-electron chi connectivity index (χ4n) is 2.42. The quantitative estimate of drug-likeness (QED) is 0.528. The van der Waals surface area contributed by atoms with Crippen LogP contribution in [0.2, 0.25) is 0 Å². The molecule has 0 bridgehead atoms. The molecule has 0 amide bonds. The first kappa shape index (κ1) is 24.5. The minimum absolute atomic E-state index is 0.744. The Hall–Kier alpha value is -0.510. The SMILES string of the molecule is CC.CC.CC(CCC#N)CC1CCCCC1.CCC. The third kappa shape index (κ3) is 19.8. The third-order valence-electron chi connectivity index (χ3n) is 3.21. The van der Waals surface area contributed by atoms with Crippen molar-refractivity contribution in [3.8, 4) is 6.07 Å². The van der Waals surface area contributed by atoms with Crippen LogP contribution in [0.25, 0.3) is 0 Å². The predicted molar refractivity (Wildman–Crippen MR) is 93.9 cm³/mol. The van der Waals surface area contributed by atoms with E-state index in [1.165, 1.54) is 44.9 Å². The van der Waals surface area contributed by atoms with Gasteiger partial charge in [0.05, 0.1) is 6.07 Å². The Kier molecular flexibility index (Phi) is 28.9. The van der Waals surface area contributed by atoms with E-state index in [9.17, 15) is 0 Å². The molecule has 1 aliphatic carbocycles. The zero-order valence-electron chi connectivity index (χ0n) is 15.5. The van der Waals surface area contributed by atoms with Crippen molar-refractivity contribution in [2.45, 2.75) is 106 Å². The summed E-state index contributed by atoms with van der Waals surface area (Å²) in [5.74, 6) is 1.74. The lowest BCUT2D eigenvalue weighted by atomic mass is 9.82. The maximum atomic E-state index is 8.47. The van der Waals surface area contributed by atoms with Crippen molar-refractivity contribution in [2.24, 2.45) is 11.8 Å². The van der Waals surface area contributed by atoms with E-state index in [-0.39, 0.29) is 0 Å². The van der Waals surface area contributed by atoms with Crippen molar-refractivity contribution in [1.82, 2.24) is 0 Å². The van der Waals surface area contributed by atoms with Gasteiger partial charge in [-0.1, -0.05) is 87.0 Å². The molecule has 0 N–H and O–H groups in total. The molecule has 1 fully saturated rings. The predicted octanol–water partition coefficient (Wildman–Crippen LogP) is 7.37. The maximum absolute atomic E-state index is 8.47. The molecule has 1 unspecified atom stereocenters. The van der Waals surface area contributed by atoms with Crippen molar-refractivity contribution in [3.05, 3.63) is 0 Å². The molecule has 1 rings (SSSR count). The highest BCUT2D eigenvalue weighted by molar-refractivity contribution is 4.73. The van der Waals surface area contributed by atoms with Gasteiger partial charge in [0.25, 0.3) is 0 Å². The van der Waals surface area contributed by atoms with E-state index in [1.807, 2.05) is 27.7 Å². The summed E-state index contributed by atoms with van der Waals surface area (Å²) in [4.78, 5) is 0. The Labute approximate surface area is 130 Å². The molecule has 1 nitrogen and oxygen atoms in total. The van der Waals surface area contributed by atoms with E-state index in [2.05, 4.69) is 26.8 Å². The summed E-state index contributed by atoms with van der Waals surface area (Å²) < 4.78 is 0. The zero-order chi connectivity index (χ0) is 16.2. The highest BCUT2D eigenvalue weighted by Gasteiger charge is 2.15. The number of rotatable bonds is 4. The summed E-state index contributed by atoms with van der Waals surface area (Å²) in [6.07, 6.45) is 11.7. The first-order chi connectivity index (χ1) is 9.74. The fourth-order valence-corrected chi connectivity index (χ4v) is 2.42. The van der Waals surface area contributed by atoms with Crippen molar-refractivity contribution >= 4 is 0 Å². The van der Waals surface area contributed by atoms with Crippen molar-refractivity contribution < 1.29 is 0 Å². The van der Waals surface area contributed by atoms with E-state index >= 15 is 0 Å². The summed E-state index contributed by atoms with van der Waals surface area (Å²) in [5, 5.41) is 8.47. The molecular formula is C19H41N. The molecule has 0 spiro atoms. The van der Waals surface area contributed by atoms with Gasteiger partial charge in [0.1, 0.15) is 0 Å². The van der Waals surface area contributed by atoms with Crippen LogP contribution in [0.3, 0.4) is 0 Å². The van der Waals surface area contributed by atoms with Gasteiger partial charge in [0.15, 0.2) is 0 Å². The van der Waals surface area contributed by atoms with Gasteiger partial charge in [-0.05, 0) is 24.7 Å². The highest BCUT2D eigenvalue weighted by atomic mass is 14.2. The van der Waals surface area contributed by atoms with Gasteiger partial charge in [-0.15, -0.1) is 0 Å². The summed E-state index contributed by atoms with van der Waals surface area (Å²) in [6, 6.07) is 2.24. The lowest BCUT2D eigenvalue weighted by molar-refractivity contribution is 0.290. The minimum Gasteiger partial charge on any atom is -0.198 e. The van der Waals surface area contributed by atoms with Gasteiger partial charge in [-0.25, -0.2) is 0 Å². The topological polar surface area (TPSA) is 23.8 Å². The van der Waals surface area contributed by atoms with Gasteiger partial charge in [0.2, 0.25) is 0 Å². The van der Waals surface area contributed by atoms with E-state index in [0.717, 1.165) is 24.7 Å². The second-order valence-electron chi connectivity index (χ2n) is 5.25. The maximum Gasteiger partial charge on any atom is 0.0621 e. The third-order valence-corrected chi connectivity index (χ3v) is 3.21. The lowest BCUT2D eigenvalue weighted by Crippen LogP contribution is -2.10. The lowest BCUT2D eigenvalue weighted by Gasteiger charge is -2.24. The van der Waals surface area contributed by atoms with Crippen molar-refractivity contribution in [3.63, 3.8) is 0 Å². The molecule has 0 radical (unpaired) electrons. The number of hydrogen-bond donors (Lipinski definition) is 0. The average Bonchev–Trinajstić information content (AvgIpc) is 2.51. The van der Waals surface area contributed by atoms with Crippen LogP contribution in [0.1, 0.15) is 106 Å². The Morgan fingerprint density at radius 1 is 1.00 bits per heavy atom. The molecule has 1 saturated carbocycles. The average molecular weight is 284 g/mol. The van der Waals surface area contributed by atoms with Crippen LogP contribution < -0.4 is 0 Å². The van der Waals surface area contributed by atoms with Crippen molar-refractivity contribution in [1.29, 1.82) is 5.26 Å². The van der Waals surface area contributed by atoms with Gasteiger partial charge in [-0.2, -0.15) is 5.26 Å². The number of nitriles is 1. The van der Waals surface area contributed by atoms with Crippen LogP contribution in [0.15, 0.2) is 0 Å². The van der Waals surface area contributed by atoms with Crippen LogP contribution in [-0.4, -0.2) is 0 Å². The summed E-state index contributed by atoms with van der Waals surface area (Å²) in [6.45, 7) is 14.5. The van der Waals surface area contributed by atoms with E-state index in [4.69, 9.17) is 5.26 Å². The Morgan fingerprint density at radius 3 is 1.85 bits per heavy atom. The summed E-state index contributed by atoms with van der Waals surface area (Å²) in [5.41, 5.74) is 0. The summed E-state index contributed by atoms with van der Waals surface area (Å²) in [7, 11) is 0.